The molecule has 0 aliphatic heterocycles. The highest BCUT2D eigenvalue weighted by atomic mass is 15.1. The molecule has 0 fully saturated rings. The molecule has 0 N–H and O–H groups in total. The van der Waals surface area contributed by atoms with Gasteiger partial charge in [-0.15, -0.1) is 0 Å². The first-order chi connectivity index (χ1) is 17.7. The van der Waals surface area contributed by atoms with Crippen LogP contribution in [0.2, 0.25) is 0 Å². The Morgan fingerprint density at radius 3 is 1.28 bits per heavy atom. The number of hydrogen-bond donors (Lipinski definition) is 0. The molecule has 1 heterocycles. The fourth-order valence-electron chi connectivity index (χ4n) is 5.77. The van der Waals surface area contributed by atoms with Crippen LogP contribution in [0.4, 0.5) is 0 Å². The van der Waals surface area contributed by atoms with Crippen molar-refractivity contribution >= 4 is 0 Å². The van der Waals surface area contributed by atoms with E-state index in [0.29, 0.717) is 5.92 Å². The van der Waals surface area contributed by atoms with Gasteiger partial charge in [0.05, 0.1) is 19.0 Å². The lowest BCUT2D eigenvalue weighted by Gasteiger charge is -2.08. The van der Waals surface area contributed by atoms with Crippen LogP contribution in [-0.2, 0) is 13.1 Å². The van der Waals surface area contributed by atoms with Crippen molar-refractivity contribution in [2.75, 3.05) is 0 Å². The third kappa shape index (κ3) is 17.6. The third-order valence-corrected chi connectivity index (χ3v) is 8.04. The van der Waals surface area contributed by atoms with E-state index in [1.165, 1.54) is 173 Å². The summed E-state index contributed by atoms with van der Waals surface area (Å²) >= 11 is 0. The molecule has 0 aliphatic rings. The molecule has 0 radical (unpaired) electrons. The summed E-state index contributed by atoms with van der Waals surface area (Å²) < 4.78 is 5.10. The maximum atomic E-state index is 2.55. The van der Waals surface area contributed by atoms with Gasteiger partial charge in [-0.3, -0.25) is 0 Å². The zero-order chi connectivity index (χ0) is 26.1. The second-order valence-electron chi connectivity index (χ2n) is 12.0. The van der Waals surface area contributed by atoms with Crippen molar-refractivity contribution < 1.29 is 4.57 Å². The van der Waals surface area contributed by atoms with Crippen LogP contribution in [-0.4, -0.2) is 4.57 Å². The van der Waals surface area contributed by atoms with E-state index in [9.17, 15) is 0 Å². The summed E-state index contributed by atoms with van der Waals surface area (Å²) in [6.07, 6.45) is 39.0. The SMILES string of the molecule is CCCCCCCCCCCCCCCCCCC[n+]1ccn(CCCCCCCCC)c1C(C)C. The van der Waals surface area contributed by atoms with E-state index >= 15 is 0 Å². The van der Waals surface area contributed by atoms with Gasteiger partial charge in [-0.2, -0.15) is 0 Å². The van der Waals surface area contributed by atoms with Crippen LogP contribution in [0, 0.1) is 0 Å². The summed E-state index contributed by atoms with van der Waals surface area (Å²) in [6, 6.07) is 0. The summed E-state index contributed by atoms with van der Waals surface area (Å²) in [4.78, 5) is 0. The van der Waals surface area contributed by atoms with Crippen molar-refractivity contribution in [3.8, 4) is 0 Å². The predicted molar refractivity (Wildman–Crippen MR) is 161 cm³/mol. The molecule has 0 bridgehead atoms. The van der Waals surface area contributed by atoms with E-state index in [1.807, 2.05) is 0 Å². The minimum Gasteiger partial charge on any atom is -0.234 e. The Morgan fingerprint density at radius 2 is 0.889 bits per heavy atom. The predicted octanol–water partition coefficient (Wildman–Crippen LogP) is 11.3. The molecule has 1 rings (SSSR count). The van der Waals surface area contributed by atoms with Crippen LogP contribution in [0.1, 0.15) is 194 Å². The van der Waals surface area contributed by atoms with Gasteiger partial charge in [0.25, 0.3) is 5.82 Å². The highest BCUT2D eigenvalue weighted by Gasteiger charge is 2.19. The Kier molecular flexibility index (Phi) is 22.7. The Morgan fingerprint density at radius 1 is 0.528 bits per heavy atom. The lowest BCUT2D eigenvalue weighted by molar-refractivity contribution is -0.705. The van der Waals surface area contributed by atoms with E-state index in [2.05, 4.69) is 49.2 Å². The van der Waals surface area contributed by atoms with Gasteiger partial charge < -0.3 is 0 Å². The minimum absolute atomic E-state index is 0.607. The van der Waals surface area contributed by atoms with Crippen molar-refractivity contribution in [3.05, 3.63) is 18.2 Å². The molecular weight excluding hydrogens is 436 g/mol. The van der Waals surface area contributed by atoms with Crippen LogP contribution < -0.4 is 4.57 Å². The van der Waals surface area contributed by atoms with Gasteiger partial charge in [-0.1, -0.05) is 156 Å². The zero-order valence-electron chi connectivity index (χ0n) is 25.5. The van der Waals surface area contributed by atoms with E-state index in [1.54, 1.807) is 0 Å². The molecule has 0 saturated heterocycles. The van der Waals surface area contributed by atoms with Crippen LogP contribution >= 0.6 is 0 Å². The van der Waals surface area contributed by atoms with Gasteiger partial charge in [-0.25, -0.2) is 9.13 Å². The Bertz CT molecular complexity index is 574. The van der Waals surface area contributed by atoms with Crippen molar-refractivity contribution in [2.24, 2.45) is 0 Å². The van der Waals surface area contributed by atoms with Crippen molar-refractivity contribution in [3.63, 3.8) is 0 Å². The molecule has 0 spiro atoms. The number of unbranched alkanes of at least 4 members (excludes halogenated alkanes) is 22. The molecule has 2 heteroatoms. The van der Waals surface area contributed by atoms with E-state index in [4.69, 9.17) is 0 Å². The Balaban J connectivity index is 2.00. The van der Waals surface area contributed by atoms with Gasteiger partial charge in [-0.05, 0) is 25.7 Å². The summed E-state index contributed by atoms with van der Waals surface area (Å²) in [5.41, 5.74) is 0. The van der Waals surface area contributed by atoms with Crippen LogP contribution in [0.25, 0.3) is 0 Å². The Labute approximate surface area is 228 Å². The fourth-order valence-corrected chi connectivity index (χ4v) is 5.77. The smallest absolute Gasteiger partial charge is 0.234 e. The fraction of sp³-hybridized carbons (Fsp3) is 0.912. The summed E-state index contributed by atoms with van der Waals surface area (Å²) in [5, 5.41) is 0. The summed E-state index contributed by atoms with van der Waals surface area (Å²) in [6.45, 7) is 11.7. The minimum atomic E-state index is 0.607. The lowest BCUT2D eigenvalue weighted by Crippen LogP contribution is -2.38. The molecule has 212 valence electrons. The van der Waals surface area contributed by atoms with E-state index < -0.39 is 0 Å². The average Bonchev–Trinajstić information content (AvgIpc) is 3.28. The number of hydrogen-bond acceptors (Lipinski definition) is 0. The third-order valence-electron chi connectivity index (χ3n) is 8.04. The molecule has 0 saturated carbocycles. The normalized spacial score (nSPS) is 11.7. The second-order valence-corrected chi connectivity index (χ2v) is 12.0. The molecule has 0 amide bonds. The highest BCUT2D eigenvalue weighted by Crippen LogP contribution is 2.16. The quantitative estimate of drug-likeness (QED) is 0.0833. The monoisotopic (exact) mass is 504 g/mol. The molecule has 0 aromatic carbocycles. The maximum Gasteiger partial charge on any atom is 0.258 e. The summed E-state index contributed by atoms with van der Waals surface area (Å²) in [7, 11) is 0. The molecule has 2 nitrogen and oxygen atoms in total. The lowest BCUT2D eigenvalue weighted by atomic mass is 10.0. The van der Waals surface area contributed by atoms with Gasteiger partial charge in [0.2, 0.25) is 0 Å². The first kappa shape index (κ1) is 33.2. The molecule has 0 aliphatic carbocycles. The van der Waals surface area contributed by atoms with Crippen molar-refractivity contribution in [1.29, 1.82) is 0 Å². The van der Waals surface area contributed by atoms with E-state index in [-0.39, 0.29) is 0 Å². The number of nitrogens with zero attached hydrogens (tertiary/aromatic N) is 2. The molecule has 0 unspecified atom stereocenters. The number of aryl methyl sites for hydroxylation is 2. The maximum absolute atomic E-state index is 2.55. The Hall–Kier alpha value is -0.790. The van der Waals surface area contributed by atoms with Crippen LogP contribution in [0.3, 0.4) is 0 Å². The van der Waals surface area contributed by atoms with Gasteiger partial charge >= 0.3 is 0 Å². The van der Waals surface area contributed by atoms with Gasteiger partial charge in [0.1, 0.15) is 12.4 Å². The first-order valence-corrected chi connectivity index (χ1v) is 16.8. The summed E-state index contributed by atoms with van der Waals surface area (Å²) in [5.74, 6) is 2.15. The molecule has 1 aromatic rings. The number of rotatable bonds is 27. The van der Waals surface area contributed by atoms with Crippen molar-refractivity contribution in [1.82, 2.24) is 4.57 Å². The van der Waals surface area contributed by atoms with Crippen molar-refractivity contribution in [2.45, 2.75) is 201 Å². The highest BCUT2D eigenvalue weighted by molar-refractivity contribution is 4.89. The van der Waals surface area contributed by atoms with Gasteiger partial charge in [0.15, 0.2) is 0 Å². The number of imidazole rings is 1. The largest absolute Gasteiger partial charge is 0.258 e. The first-order valence-electron chi connectivity index (χ1n) is 16.8. The van der Waals surface area contributed by atoms with Crippen LogP contribution in [0.5, 0.6) is 0 Å². The molecule has 1 aromatic heterocycles. The van der Waals surface area contributed by atoms with E-state index in [0.717, 1.165) is 0 Å². The zero-order valence-corrected chi connectivity index (χ0v) is 25.5. The van der Waals surface area contributed by atoms with Crippen LogP contribution in [0.15, 0.2) is 12.4 Å². The standard InChI is InChI=1S/C34H67N2/c1-5-7-9-11-13-14-15-16-17-18-19-20-21-22-24-26-28-30-36-32-31-35(34(36)33(3)4)29-27-25-23-12-10-8-6-2/h31-33H,5-30H2,1-4H3/q+1. The van der Waals surface area contributed by atoms with Gasteiger partial charge in [0, 0.05) is 0 Å². The topological polar surface area (TPSA) is 8.81 Å². The number of aromatic nitrogens is 2. The molecule has 0 atom stereocenters. The second kappa shape index (κ2) is 24.5. The molecular formula is C34H67N2+. The molecule has 36 heavy (non-hydrogen) atoms. The average molecular weight is 504 g/mol.